The predicted octanol–water partition coefficient (Wildman–Crippen LogP) is 1.75. The average molecular weight is 216 g/mol. The van der Waals surface area contributed by atoms with E-state index in [1.807, 2.05) is 0 Å². The molecule has 3 nitrogen and oxygen atoms in total. The highest BCUT2D eigenvalue weighted by molar-refractivity contribution is 7.86. The van der Waals surface area contributed by atoms with E-state index < -0.39 is 10.2 Å². The van der Waals surface area contributed by atoms with Crippen LogP contribution in [0.2, 0.25) is 0 Å². The highest BCUT2D eigenvalue weighted by Crippen LogP contribution is 2.22. The molecule has 0 saturated heterocycles. The van der Waals surface area contributed by atoms with E-state index in [4.69, 9.17) is 0 Å². The van der Waals surface area contributed by atoms with Crippen LogP contribution >= 0.6 is 11.3 Å². The summed E-state index contributed by atoms with van der Waals surface area (Å²) in [6, 6.07) is 3.89. The van der Waals surface area contributed by atoms with Gasteiger partial charge in [0.05, 0.1) is 10.2 Å². The van der Waals surface area contributed by atoms with Crippen LogP contribution in [0.4, 0.5) is 3.89 Å². The number of nitrogens with zero attached hydrogens (tertiary/aromatic N) is 1. The molecule has 1 heterocycles. The number of benzene rings is 1. The molecular formula is C7H3FNO2S2. The minimum Gasteiger partial charge on any atom is -0.233 e. The van der Waals surface area contributed by atoms with Gasteiger partial charge in [0.15, 0.2) is 5.51 Å². The third kappa shape index (κ3) is 1.54. The van der Waals surface area contributed by atoms with Gasteiger partial charge < -0.3 is 0 Å². The lowest BCUT2D eigenvalue weighted by atomic mass is 10.3. The van der Waals surface area contributed by atoms with Crippen molar-refractivity contribution in [1.29, 1.82) is 0 Å². The van der Waals surface area contributed by atoms with Crippen LogP contribution in [-0.2, 0) is 10.2 Å². The first kappa shape index (κ1) is 8.58. The molecule has 0 unspecified atom stereocenters. The van der Waals surface area contributed by atoms with E-state index in [-0.39, 0.29) is 4.90 Å². The van der Waals surface area contributed by atoms with Crippen molar-refractivity contribution >= 4 is 31.8 Å². The molecule has 0 amide bonds. The van der Waals surface area contributed by atoms with Gasteiger partial charge in [-0.2, -0.15) is 8.42 Å². The molecule has 0 bridgehead atoms. The Morgan fingerprint density at radius 2 is 2.23 bits per heavy atom. The second-order valence-electron chi connectivity index (χ2n) is 2.37. The van der Waals surface area contributed by atoms with E-state index in [1.54, 1.807) is 0 Å². The van der Waals surface area contributed by atoms with E-state index in [1.165, 1.54) is 18.2 Å². The average Bonchev–Trinajstić information content (AvgIpc) is 2.47. The molecule has 6 heteroatoms. The summed E-state index contributed by atoms with van der Waals surface area (Å²) < 4.78 is 34.1. The molecule has 0 atom stereocenters. The molecule has 1 aromatic carbocycles. The van der Waals surface area contributed by atoms with E-state index >= 15 is 0 Å². The topological polar surface area (TPSA) is 47.0 Å². The summed E-state index contributed by atoms with van der Waals surface area (Å²) in [4.78, 5) is 3.48. The number of hydrogen-bond acceptors (Lipinski definition) is 4. The van der Waals surface area contributed by atoms with Crippen LogP contribution in [0.15, 0.2) is 23.1 Å². The summed E-state index contributed by atoms with van der Waals surface area (Å²) in [5.41, 5.74) is 3.21. The molecule has 0 N–H and O–H groups in total. The summed E-state index contributed by atoms with van der Waals surface area (Å²) in [6.07, 6.45) is 0. The van der Waals surface area contributed by atoms with Crippen molar-refractivity contribution in [2.24, 2.45) is 0 Å². The number of aromatic nitrogens is 1. The number of thiazole rings is 1. The standard InChI is InChI=1S/C7H3FNO2S2/c8-13(10,11)5-1-2-6-7(3-5)12-4-9-6/h1-3H. The van der Waals surface area contributed by atoms with Crippen LogP contribution < -0.4 is 0 Å². The van der Waals surface area contributed by atoms with Gasteiger partial charge in [0.25, 0.3) is 0 Å². The zero-order valence-electron chi connectivity index (χ0n) is 6.19. The minimum absolute atomic E-state index is 0.336. The van der Waals surface area contributed by atoms with Gasteiger partial charge in [0.1, 0.15) is 4.90 Å². The van der Waals surface area contributed by atoms with Gasteiger partial charge in [0, 0.05) is 0 Å². The van der Waals surface area contributed by atoms with Crippen LogP contribution in [0.5, 0.6) is 0 Å². The smallest absolute Gasteiger partial charge is 0.233 e. The normalized spacial score (nSPS) is 12.1. The Morgan fingerprint density at radius 3 is 2.92 bits per heavy atom. The van der Waals surface area contributed by atoms with Crippen LogP contribution in [0.3, 0.4) is 0 Å². The molecule has 2 rings (SSSR count). The molecule has 0 aliphatic carbocycles. The molecule has 0 spiro atoms. The maximum absolute atomic E-state index is 12.5. The van der Waals surface area contributed by atoms with Crippen molar-refractivity contribution in [3.8, 4) is 0 Å². The quantitative estimate of drug-likeness (QED) is 0.682. The highest BCUT2D eigenvalue weighted by atomic mass is 32.3. The SMILES string of the molecule is O=S(=O)(F)c1ccc2n[c]sc2c1. The Bertz CT molecular complexity index is 546. The van der Waals surface area contributed by atoms with E-state index in [0.717, 1.165) is 11.3 Å². The van der Waals surface area contributed by atoms with Gasteiger partial charge >= 0.3 is 10.2 Å². The molecule has 13 heavy (non-hydrogen) atoms. The molecule has 0 saturated carbocycles. The molecule has 1 aromatic heterocycles. The number of fused-ring (bicyclic) bond motifs is 1. The summed E-state index contributed by atoms with van der Waals surface area (Å²) in [7, 11) is -4.61. The molecule has 2 aromatic rings. The lowest BCUT2D eigenvalue weighted by Gasteiger charge is -1.92. The molecular weight excluding hydrogens is 213 g/mol. The summed E-state index contributed by atoms with van der Waals surface area (Å²) in [5, 5.41) is 0. The fraction of sp³-hybridized carbons (Fsp3) is 0. The zero-order chi connectivity index (χ0) is 9.47. The summed E-state index contributed by atoms with van der Waals surface area (Å²) in [6.45, 7) is 0. The van der Waals surface area contributed by atoms with Crippen molar-refractivity contribution in [1.82, 2.24) is 4.98 Å². The van der Waals surface area contributed by atoms with Gasteiger partial charge in [-0.05, 0) is 18.2 Å². The van der Waals surface area contributed by atoms with Crippen molar-refractivity contribution in [3.63, 3.8) is 0 Å². The zero-order valence-corrected chi connectivity index (χ0v) is 7.82. The Morgan fingerprint density at radius 1 is 1.46 bits per heavy atom. The Labute approximate surface area is 78.1 Å². The molecule has 0 fully saturated rings. The van der Waals surface area contributed by atoms with Crippen LogP contribution in [-0.4, -0.2) is 13.4 Å². The Balaban J connectivity index is 2.75. The van der Waals surface area contributed by atoms with E-state index in [2.05, 4.69) is 10.5 Å². The first-order valence-electron chi connectivity index (χ1n) is 3.29. The fourth-order valence-electron chi connectivity index (χ4n) is 0.941. The largest absolute Gasteiger partial charge is 0.332 e. The molecule has 67 valence electrons. The molecule has 0 aliphatic rings. The van der Waals surface area contributed by atoms with Crippen molar-refractivity contribution in [3.05, 3.63) is 23.7 Å². The van der Waals surface area contributed by atoms with Gasteiger partial charge in [-0.15, -0.1) is 15.2 Å². The highest BCUT2D eigenvalue weighted by Gasteiger charge is 2.12. The van der Waals surface area contributed by atoms with Crippen molar-refractivity contribution in [2.75, 3.05) is 0 Å². The van der Waals surface area contributed by atoms with Crippen molar-refractivity contribution < 1.29 is 12.3 Å². The van der Waals surface area contributed by atoms with Gasteiger partial charge in [0.2, 0.25) is 0 Å². The second kappa shape index (κ2) is 2.74. The predicted molar refractivity (Wildman–Crippen MR) is 46.7 cm³/mol. The maximum Gasteiger partial charge on any atom is 0.332 e. The number of rotatable bonds is 1. The minimum atomic E-state index is -4.61. The number of halogens is 1. The monoisotopic (exact) mass is 216 g/mol. The van der Waals surface area contributed by atoms with Crippen LogP contribution in [0.25, 0.3) is 10.2 Å². The van der Waals surface area contributed by atoms with Gasteiger partial charge in [-0.1, -0.05) is 0 Å². The molecule has 1 radical (unpaired) electrons. The van der Waals surface area contributed by atoms with E-state index in [0.29, 0.717) is 10.2 Å². The first-order chi connectivity index (χ1) is 6.07. The van der Waals surface area contributed by atoms with Gasteiger partial charge in [-0.3, -0.25) is 0 Å². The van der Waals surface area contributed by atoms with Crippen LogP contribution in [0, 0.1) is 5.51 Å². The summed E-state index contributed by atoms with van der Waals surface area (Å²) >= 11 is 1.15. The fourth-order valence-corrected chi connectivity index (χ4v) is 2.15. The Kier molecular flexibility index (Phi) is 1.81. The van der Waals surface area contributed by atoms with Crippen molar-refractivity contribution in [2.45, 2.75) is 4.90 Å². The first-order valence-corrected chi connectivity index (χ1v) is 5.49. The molecule has 0 aliphatic heterocycles. The summed E-state index contributed by atoms with van der Waals surface area (Å²) in [5.74, 6) is 0. The van der Waals surface area contributed by atoms with E-state index in [9.17, 15) is 12.3 Å². The lowest BCUT2D eigenvalue weighted by Crippen LogP contribution is -1.90. The number of hydrogen-bond donors (Lipinski definition) is 0. The van der Waals surface area contributed by atoms with Gasteiger partial charge in [-0.25, -0.2) is 4.98 Å². The Hall–Kier alpha value is -1.01. The third-order valence-electron chi connectivity index (χ3n) is 1.53. The maximum atomic E-state index is 12.5. The lowest BCUT2D eigenvalue weighted by molar-refractivity contribution is 0.552. The second-order valence-corrected chi connectivity index (χ2v) is 4.55. The third-order valence-corrected chi connectivity index (χ3v) is 3.08. The van der Waals surface area contributed by atoms with Crippen LogP contribution in [0.1, 0.15) is 0 Å².